The predicted molar refractivity (Wildman–Crippen MR) is 76.9 cm³/mol. The molecule has 0 radical (unpaired) electrons. The van der Waals surface area contributed by atoms with E-state index in [0.29, 0.717) is 19.7 Å². The number of likely N-dealkylation sites (N-methyl/N-ethyl adjacent to an activating group) is 1. The van der Waals surface area contributed by atoms with Gasteiger partial charge in [-0.1, -0.05) is 0 Å². The lowest BCUT2D eigenvalue weighted by molar-refractivity contribution is 0.0247. The number of amides is 1. The van der Waals surface area contributed by atoms with Gasteiger partial charge in [0.05, 0.1) is 25.3 Å². The van der Waals surface area contributed by atoms with E-state index in [4.69, 9.17) is 14.2 Å². The van der Waals surface area contributed by atoms with Crippen molar-refractivity contribution in [1.29, 1.82) is 0 Å². The Morgan fingerprint density at radius 2 is 1.95 bits per heavy atom. The van der Waals surface area contributed by atoms with Crippen LogP contribution in [0.4, 0.5) is 4.79 Å². The summed E-state index contributed by atoms with van der Waals surface area (Å²) in [5.74, 6) is 0. The largest absolute Gasteiger partial charge is 0.444 e. The number of carbonyl (C=O) groups is 1. The highest BCUT2D eigenvalue weighted by Crippen LogP contribution is 2.20. The Labute approximate surface area is 121 Å². The average molecular weight is 288 g/mol. The standard InChI is InChI=1S/C14H28N2O4/c1-14(2,3)20-13(17)16-9-11(12(10-16)19-6)15(4)7-8-18-5/h11-12H,7-10H2,1-6H3. The first kappa shape index (κ1) is 17.2. The zero-order valence-corrected chi connectivity index (χ0v) is 13.5. The molecule has 1 fully saturated rings. The maximum Gasteiger partial charge on any atom is 0.410 e. The molecule has 1 rings (SSSR count). The van der Waals surface area contributed by atoms with E-state index in [-0.39, 0.29) is 18.2 Å². The summed E-state index contributed by atoms with van der Waals surface area (Å²) < 4.78 is 16.0. The van der Waals surface area contributed by atoms with Crippen LogP contribution in [0, 0.1) is 0 Å². The third kappa shape index (κ3) is 4.92. The van der Waals surface area contributed by atoms with Crippen LogP contribution in [0.1, 0.15) is 20.8 Å². The van der Waals surface area contributed by atoms with E-state index in [1.54, 1.807) is 19.1 Å². The second kappa shape index (κ2) is 7.24. The van der Waals surface area contributed by atoms with Crippen molar-refractivity contribution in [2.24, 2.45) is 0 Å². The molecule has 0 aliphatic carbocycles. The van der Waals surface area contributed by atoms with Crippen molar-refractivity contribution in [3.63, 3.8) is 0 Å². The zero-order chi connectivity index (χ0) is 15.3. The minimum Gasteiger partial charge on any atom is -0.444 e. The Bertz CT molecular complexity index is 317. The van der Waals surface area contributed by atoms with E-state index < -0.39 is 5.60 Å². The first-order valence-corrected chi connectivity index (χ1v) is 6.98. The van der Waals surface area contributed by atoms with Gasteiger partial charge in [0.15, 0.2) is 0 Å². The summed E-state index contributed by atoms with van der Waals surface area (Å²) in [6, 6.07) is 0.169. The minimum atomic E-state index is -0.473. The molecule has 0 aromatic rings. The number of hydrogen-bond acceptors (Lipinski definition) is 5. The number of methoxy groups -OCH3 is 2. The van der Waals surface area contributed by atoms with Crippen LogP contribution in [0.2, 0.25) is 0 Å². The van der Waals surface area contributed by atoms with E-state index in [9.17, 15) is 4.79 Å². The molecule has 20 heavy (non-hydrogen) atoms. The van der Waals surface area contributed by atoms with Crippen molar-refractivity contribution in [1.82, 2.24) is 9.80 Å². The van der Waals surface area contributed by atoms with Gasteiger partial charge in [-0.25, -0.2) is 4.79 Å². The van der Waals surface area contributed by atoms with Crippen LogP contribution in [-0.4, -0.2) is 81.1 Å². The Hall–Kier alpha value is -0.850. The lowest BCUT2D eigenvalue weighted by Gasteiger charge is -2.27. The second-order valence-corrected chi connectivity index (χ2v) is 6.20. The molecule has 0 bridgehead atoms. The summed E-state index contributed by atoms with van der Waals surface area (Å²) in [6.45, 7) is 8.27. The van der Waals surface area contributed by atoms with Gasteiger partial charge in [-0.05, 0) is 27.8 Å². The van der Waals surface area contributed by atoms with Crippen molar-refractivity contribution in [2.75, 3.05) is 47.5 Å². The van der Waals surface area contributed by atoms with Crippen LogP contribution in [0.5, 0.6) is 0 Å². The van der Waals surface area contributed by atoms with Gasteiger partial charge in [0, 0.05) is 27.3 Å². The van der Waals surface area contributed by atoms with Crippen molar-refractivity contribution >= 4 is 6.09 Å². The molecule has 118 valence electrons. The van der Waals surface area contributed by atoms with Crippen LogP contribution < -0.4 is 0 Å². The van der Waals surface area contributed by atoms with E-state index >= 15 is 0 Å². The summed E-state index contributed by atoms with van der Waals surface area (Å²) in [5, 5.41) is 0. The van der Waals surface area contributed by atoms with Crippen molar-refractivity contribution in [3.05, 3.63) is 0 Å². The molecular weight excluding hydrogens is 260 g/mol. The predicted octanol–water partition coefficient (Wildman–Crippen LogP) is 1.20. The molecule has 1 amide bonds. The summed E-state index contributed by atoms with van der Waals surface area (Å²) in [5.41, 5.74) is -0.473. The number of likely N-dealkylation sites (tertiary alicyclic amines) is 1. The lowest BCUT2D eigenvalue weighted by atomic mass is 10.2. The molecule has 6 nitrogen and oxygen atoms in total. The van der Waals surface area contributed by atoms with E-state index in [0.717, 1.165) is 6.54 Å². The number of carbonyl (C=O) groups excluding carboxylic acids is 1. The van der Waals surface area contributed by atoms with E-state index in [2.05, 4.69) is 4.90 Å². The van der Waals surface area contributed by atoms with Gasteiger partial charge in [-0.2, -0.15) is 0 Å². The molecular formula is C14H28N2O4. The third-order valence-corrected chi connectivity index (χ3v) is 3.41. The Balaban J connectivity index is 2.60. The average Bonchev–Trinajstić information content (AvgIpc) is 2.78. The quantitative estimate of drug-likeness (QED) is 0.761. The molecule has 0 spiro atoms. The summed E-state index contributed by atoms with van der Waals surface area (Å²) >= 11 is 0. The van der Waals surface area contributed by atoms with Gasteiger partial charge in [0.2, 0.25) is 0 Å². The van der Waals surface area contributed by atoms with Gasteiger partial charge in [0.25, 0.3) is 0 Å². The highest BCUT2D eigenvalue weighted by Gasteiger charge is 2.39. The topological polar surface area (TPSA) is 51.2 Å². The summed E-state index contributed by atoms with van der Waals surface area (Å²) in [6.07, 6.45) is -0.272. The van der Waals surface area contributed by atoms with Gasteiger partial charge < -0.3 is 19.1 Å². The number of nitrogens with zero attached hydrogens (tertiary/aromatic N) is 2. The Kier molecular flexibility index (Phi) is 6.23. The van der Waals surface area contributed by atoms with Crippen LogP contribution in [0.15, 0.2) is 0 Å². The maximum atomic E-state index is 12.1. The summed E-state index contributed by atoms with van der Waals surface area (Å²) in [7, 11) is 5.39. The van der Waals surface area contributed by atoms with Gasteiger partial charge in [-0.3, -0.25) is 4.90 Å². The molecule has 2 atom stereocenters. The van der Waals surface area contributed by atoms with Crippen molar-refractivity contribution in [3.8, 4) is 0 Å². The van der Waals surface area contributed by atoms with Gasteiger partial charge in [-0.15, -0.1) is 0 Å². The molecule has 0 N–H and O–H groups in total. The molecule has 6 heteroatoms. The molecule has 0 aromatic carbocycles. The van der Waals surface area contributed by atoms with Crippen LogP contribution >= 0.6 is 0 Å². The number of hydrogen-bond donors (Lipinski definition) is 0. The number of ether oxygens (including phenoxy) is 3. The minimum absolute atomic E-state index is 0.00405. The fraction of sp³-hybridized carbons (Fsp3) is 0.929. The first-order chi connectivity index (χ1) is 9.28. The van der Waals surface area contributed by atoms with Gasteiger partial charge >= 0.3 is 6.09 Å². The SMILES string of the molecule is COCCN(C)C1CN(C(=O)OC(C)(C)C)CC1OC. The fourth-order valence-corrected chi connectivity index (χ4v) is 2.29. The van der Waals surface area contributed by atoms with E-state index in [1.165, 1.54) is 0 Å². The third-order valence-electron chi connectivity index (χ3n) is 3.41. The first-order valence-electron chi connectivity index (χ1n) is 6.98. The highest BCUT2D eigenvalue weighted by atomic mass is 16.6. The van der Waals surface area contributed by atoms with Gasteiger partial charge in [0.1, 0.15) is 5.60 Å². The summed E-state index contributed by atoms with van der Waals surface area (Å²) in [4.78, 5) is 16.0. The fourth-order valence-electron chi connectivity index (χ4n) is 2.29. The molecule has 0 saturated carbocycles. The normalized spacial score (nSPS) is 23.4. The van der Waals surface area contributed by atoms with Crippen LogP contribution in [-0.2, 0) is 14.2 Å². The Morgan fingerprint density at radius 3 is 2.45 bits per heavy atom. The molecule has 1 heterocycles. The van der Waals surface area contributed by atoms with Crippen LogP contribution in [0.3, 0.4) is 0 Å². The van der Waals surface area contributed by atoms with E-state index in [1.807, 2.05) is 27.8 Å². The smallest absolute Gasteiger partial charge is 0.410 e. The lowest BCUT2D eigenvalue weighted by Crippen LogP contribution is -2.43. The molecule has 1 aliphatic heterocycles. The molecule has 0 aromatic heterocycles. The van der Waals surface area contributed by atoms with Crippen molar-refractivity contribution in [2.45, 2.75) is 38.5 Å². The Morgan fingerprint density at radius 1 is 1.30 bits per heavy atom. The monoisotopic (exact) mass is 288 g/mol. The number of rotatable bonds is 5. The molecule has 1 saturated heterocycles. The molecule has 2 unspecified atom stereocenters. The second-order valence-electron chi connectivity index (χ2n) is 6.20. The highest BCUT2D eigenvalue weighted by molar-refractivity contribution is 5.68. The van der Waals surface area contributed by atoms with Crippen LogP contribution in [0.25, 0.3) is 0 Å². The maximum absolute atomic E-state index is 12.1. The molecule has 1 aliphatic rings. The van der Waals surface area contributed by atoms with Crippen molar-refractivity contribution < 1.29 is 19.0 Å². The zero-order valence-electron chi connectivity index (χ0n) is 13.5.